The number of ether oxygens (including phenoxy) is 3. The van der Waals surface area contributed by atoms with E-state index in [0.717, 1.165) is 12.0 Å². The van der Waals surface area contributed by atoms with Gasteiger partial charge in [-0.3, -0.25) is 4.79 Å². The van der Waals surface area contributed by atoms with Gasteiger partial charge in [-0.05, 0) is 49.9 Å². The molecular formula is C20H24N2O6S. The smallest absolute Gasteiger partial charge is 0.251 e. The Morgan fingerprint density at radius 1 is 1.10 bits per heavy atom. The second-order valence-corrected chi connectivity index (χ2v) is 8.38. The summed E-state index contributed by atoms with van der Waals surface area (Å²) in [4.78, 5) is 12.6. The number of methoxy groups -OCH3 is 1. The largest absolute Gasteiger partial charge is 0.495 e. The maximum atomic E-state index is 12.7. The van der Waals surface area contributed by atoms with Crippen LogP contribution in [-0.2, 0) is 10.0 Å². The molecule has 156 valence electrons. The average Bonchev–Trinajstić information content (AvgIpc) is 2.97. The van der Waals surface area contributed by atoms with Gasteiger partial charge in [0.05, 0.1) is 26.4 Å². The van der Waals surface area contributed by atoms with E-state index in [9.17, 15) is 13.2 Å². The molecule has 2 aromatic carbocycles. The molecule has 0 fully saturated rings. The zero-order valence-electron chi connectivity index (χ0n) is 16.5. The first-order valence-corrected chi connectivity index (χ1v) is 10.7. The van der Waals surface area contributed by atoms with Gasteiger partial charge in [0, 0.05) is 12.0 Å². The molecule has 9 heteroatoms. The van der Waals surface area contributed by atoms with Gasteiger partial charge in [0.15, 0.2) is 11.5 Å². The molecule has 0 bridgehead atoms. The lowest BCUT2D eigenvalue weighted by molar-refractivity contribution is 0.0939. The van der Waals surface area contributed by atoms with E-state index >= 15 is 0 Å². The third-order valence-electron chi connectivity index (χ3n) is 4.60. The molecule has 1 atom stereocenters. The number of hydrogen-bond acceptors (Lipinski definition) is 6. The number of amides is 1. The lowest BCUT2D eigenvalue weighted by Gasteiger charge is -2.17. The summed E-state index contributed by atoms with van der Waals surface area (Å²) >= 11 is 0. The van der Waals surface area contributed by atoms with Crippen LogP contribution in [0.5, 0.6) is 17.2 Å². The summed E-state index contributed by atoms with van der Waals surface area (Å²) < 4.78 is 43.1. The fourth-order valence-electron chi connectivity index (χ4n) is 2.95. The predicted molar refractivity (Wildman–Crippen MR) is 107 cm³/mol. The lowest BCUT2D eigenvalue weighted by Crippen LogP contribution is -2.27. The number of fused-ring (bicyclic) bond motifs is 1. The summed E-state index contributed by atoms with van der Waals surface area (Å²) in [6, 6.07) is 9.47. The standard InChI is InChI=1S/C20H24N2O6S/c1-13(14-5-7-16-18(11-14)28-10-4-9-27-16)22-20(23)15-6-8-17(26-3)19(12-15)29(24,25)21-2/h5-8,11-13,21H,4,9-10H2,1-3H3,(H,22,23). The maximum absolute atomic E-state index is 12.7. The van der Waals surface area contributed by atoms with Crippen molar-refractivity contribution in [2.45, 2.75) is 24.3 Å². The Balaban J connectivity index is 1.81. The van der Waals surface area contributed by atoms with Gasteiger partial charge in [0.2, 0.25) is 10.0 Å². The molecule has 0 saturated heterocycles. The summed E-state index contributed by atoms with van der Waals surface area (Å²) in [5.41, 5.74) is 1.06. The van der Waals surface area contributed by atoms with E-state index < -0.39 is 15.9 Å². The fourth-order valence-corrected chi connectivity index (χ4v) is 3.87. The first-order valence-electron chi connectivity index (χ1n) is 9.17. The Morgan fingerprint density at radius 2 is 1.83 bits per heavy atom. The van der Waals surface area contributed by atoms with Crippen LogP contribution in [0.1, 0.15) is 35.3 Å². The summed E-state index contributed by atoms with van der Waals surface area (Å²) in [5, 5.41) is 2.88. The molecule has 29 heavy (non-hydrogen) atoms. The van der Waals surface area contributed by atoms with Crippen molar-refractivity contribution in [3.8, 4) is 17.2 Å². The lowest BCUT2D eigenvalue weighted by atomic mass is 10.1. The molecule has 1 aliphatic heterocycles. The number of benzene rings is 2. The van der Waals surface area contributed by atoms with E-state index in [2.05, 4.69) is 10.0 Å². The molecule has 8 nitrogen and oxygen atoms in total. The summed E-state index contributed by atoms with van der Waals surface area (Å²) in [6.07, 6.45) is 0.811. The topological polar surface area (TPSA) is 103 Å². The number of sulfonamides is 1. The minimum absolute atomic E-state index is 0.0987. The Kier molecular flexibility index (Phi) is 6.29. The van der Waals surface area contributed by atoms with Gasteiger partial charge in [-0.25, -0.2) is 13.1 Å². The minimum atomic E-state index is -3.78. The molecule has 1 aliphatic rings. The van der Waals surface area contributed by atoms with Gasteiger partial charge in [0.25, 0.3) is 5.91 Å². The summed E-state index contributed by atoms with van der Waals surface area (Å²) in [7, 11) is -1.11. The van der Waals surface area contributed by atoms with Crippen LogP contribution in [0.3, 0.4) is 0 Å². The van der Waals surface area contributed by atoms with Crippen LogP contribution in [0.25, 0.3) is 0 Å². The second kappa shape index (κ2) is 8.71. The van der Waals surface area contributed by atoms with Crippen LogP contribution in [0, 0.1) is 0 Å². The Labute approximate surface area is 170 Å². The molecule has 0 saturated carbocycles. The van der Waals surface area contributed by atoms with Gasteiger partial charge >= 0.3 is 0 Å². The molecule has 0 aliphatic carbocycles. The van der Waals surface area contributed by atoms with Gasteiger partial charge in [-0.15, -0.1) is 0 Å². The Bertz CT molecular complexity index is 1010. The number of carbonyl (C=O) groups is 1. The SMILES string of the molecule is CNS(=O)(=O)c1cc(C(=O)NC(C)c2ccc3c(c2)OCCCO3)ccc1OC. The van der Waals surface area contributed by atoms with E-state index in [-0.39, 0.29) is 22.3 Å². The normalized spacial score (nSPS) is 14.6. The fraction of sp³-hybridized carbons (Fsp3) is 0.350. The quantitative estimate of drug-likeness (QED) is 0.743. The minimum Gasteiger partial charge on any atom is -0.495 e. The van der Waals surface area contributed by atoms with Crippen LogP contribution >= 0.6 is 0 Å². The number of carbonyl (C=O) groups excluding carboxylic acids is 1. The predicted octanol–water partition coefficient (Wildman–Crippen LogP) is 2.26. The van der Waals surface area contributed by atoms with Crippen LogP contribution in [-0.4, -0.2) is 41.7 Å². The van der Waals surface area contributed by atoms with Crippen LogP contribution < -0.4 is 24.2 Å². The molecule has 1 amide bonds. The van der Waals surface area contributed by atoms with Crippen molar-refractivity contribution >= 4 is 15.9 Å². The van der Waals surface area contributed by atoms with Crippen LogP contribution in [0.4, 0.5) is 0 Å². The van der Waals surface area contributed by atoms with Crippen molar-refractivity contribution in [1.29, 1.82) is 0 Å². The van der Waals surface area contributed by atoms with Crippen LogP contribution in [0.2, 0.25) is 0 Å². The van der Waals surface area contributed by atoms with Crippen molar-refractivity contribution in [3.05, 3.63) is 47.5 Å². The van der Waals surface area contributed by atoms with Crippen molar-refractivity contribution in [2.24, 2.45) is 0 Å². The van der Waals surface area contributed by atoms with Gasteiger partial charge in [-0.2, -0.15) is 0 Å². The van der Waals surface area contributed by atoms with Crippen molar-refractivity contribution in [3.63, 3.8) is 0 Å². The first kappa shape index (κ1) is 20.9. The molecule has 1 unspecified atom stereocenters. The van der Waals surface area contributed by atoms with Crippen molar-refractivity contribution < 1.29 is 27.4 Å². The van der Waals surface area contributed by atoms with E-state index in [1.54, 1.807) is 0 Å². The second-order valence-electron chi connectivity index (χ2n) is 6.52. The van der Waals surface area contributed by atoms with Gasteiger partial charge in [-0.1, -0.05) is 6.07 Å². The monoisotopic (exact) mass is 420 g/mol. The van der Waals surface area contributed by atoms with Gasteiger partial charge < -0.3 is 19.5 Å². The first-order chi connectivity index (χ1) is 13.9. The van der Waals surface area contributed by atoms with Gasteiger partial charge in [0.1, 0.15) is 10.6 Å². The molecule has 0 spiro atoms. The van der Waals surface area contributed by atoms with Crippen molar-refractivity contribution in [2.75, 3.05) is 27.4 Å². The molecule has 3 rings (SSSR count). The summed E-state index contributed by atoms with van der Waals surface area (Å²) in [5.74, 6) is 1.08. The summed E-state index contributed by atoms with van der Waals surface area (Å²) in [6.45, 7) is 3.02. The zero-order chi connectivity index (χ0) is 21.0. The highest BCUT2D eigenvalue weighted by atomic mass is 32.2. The van der Waals surface area contributed by atoms with Crippen LogP contribution in [0.15, 0.2) is 41.3 Å². The number of nitrogens with one attached hydrogen (secondary N) is 2. The molecule has 1 heterocycles. The highest BCUT2D eigenvalue weighted by Crippen LogP contribution is 2.32. The van der Waals surface area contributed by atoms with E-state index in [1.165, 1.54) is 32.4 Å². The average molecular weight is 420 g/mol. The zero-order valence-corrected chi connectivity index (χ0v) is 17.3. The highest BCUT2D eigenvalue weighted by Gasteiger charge is 2.21. The van der Waals surface area contributed by atoms with Crippen molar-refractivity contribution in [1.82, 2.24) is 10.0 Å². The number of rotatable bonds is 6. The third-order valence-corrected chi connectivity index (χ3v) is 6.04. The maximum Gasteiger partial charge on any atom is 0.251 e. The Hall–Kier alpha value is -2.78. The highest BCUT2D eigenvalue weighted by molar-refractivity contribution is 7.89. The number of hydrogen-bond donors (Lipinski definition) is 2. The van der Waals surface area contributed by atoms with E-state index in [4.69, 9.17) is 14.2 Å². The van der Waals surface area contributed by atoms with E-state index in [1.807, 2.05) is 25.1 Å². The molecule has 2 aromatic rings. The molecule has 2 N–H and O–H groups in total. The molecular weight excluding hydrogens is 396 g/mol. The molecule has 0 radical (unpaired) electrons. The van der Waals surface area contributed by atoms with E-state index in [0.29, 0.717) is 24.7 Å². The molecule has 0 aromatic heterocycles. The third kappa shape index (κ3) is 4.63. The Morgan fingerprint density at radius 3 is 2.52 bits per heavy atom.